The fourth-order valence-electron chi connectivity index (χ4n) is 2.26. The zero-order valence-electron chi connectivity index (χ0n) is 13.1. The fraction of sp³-hybridized carbons (Fsp3) is 0.167. The lowest BCUT2D eigenvalue weighted by atomic mass is 10.1. The van der Waals surface area contributed by atoms with Crippen LogP contribution in [0.15, 0.2) is 55.0 Å². The van der Waals surface area contributed by atoms with Crippen LogP contribution in [0.4, 0.5) is 4.39 Å². The van der Waals surface area contributed by atoms with Crippen molar-refractivity contribution >= 4 is 17.2 Å². The second kappa shape index (κ2) is 7.31. The van der Waals surface area contributed by atoms with Crippen molar-refractivity contribution in [2.75, 3.05) is 0 Å². The monoisotopic (exact) mass is 341 g/mol. The van der Waals surface area contributed by atoms with Crippen LogP contribution >= 0.6 is 11.3 Å². The molecule has 0 aliphatic heterocycles. The number of hydrogen-bond donors (Lipinski definition) is 1. The molecule has 24 heavy (non-hydrogen) atoms. The molecule has 0 fully saturated rings. The molecule has 1 atom stereocenters. The van der Waals surface area contributed by atoms with Crippen LogP contribution in [0.25, 0.3) is 0 Å². The zero-order chi connectivity index (χ0) is 16.9. The molecule has 0 radical (unpaired) electrons. The van der Waals surface area contributed by atoms with E-state index in [2.05, 4.69) is 15.3 Å². The number of amides is 1. The number of nitrogens with one attached hydrogen (secondary N) is 1. The van der Waals surface area contributed by atoms with Gasteiger partial charge in [0.1, 0.15) is 10.7 Å². The quantitative estimate of drug-likeness (QED) is 0.769. The number of pyridine rings is 1. The van der Waals surface area contributed by atoms with Gasteiger partial charge < -0.3 is 5.32 Å². The first-order valence-electron chi connectivity index (χ1n) is 7.52. The molecule has 122 valence electrons. The Morgan fingerprint density at radius 1 is 1.25 bits per heavy atom. The molecule has 0 bridgehead atoms. The van der Waals surface area contributed by atoms with E-state index in [0.717, 1.165) is 16.1 Å². The summed E-state index contributed by atoms with van der Waals surface area (Å²) in [4.78, 5) is 21.2. The summed E-state index contributed by atoms with van der Waals surface area (Å²) < 4.78 is 12.9. The standard InChI is InChI=1S/C18H16FN3OS/c1-12(14-3-2-8-20-10-14)22-18(23)16-11-21-17(24-16)9-13-4-6-15(19)7-5-13/h2-8,10-12H,9H2,1H3,(H,22,23)/t12-/m1/s1. The number of nitrogens with zero attached hydrogens (tertiary/aromatic N) is 2. The lowest BCUT2D eigenvalue weighted by Gasteiger charge is -2.12. The Labute approximate surface area is 143 Å². The van der Waals surface area contributed by atoms with Crippen molar-refractivity contribution in [2.45, 2.75) is 19.4 Å². The molecule has 1 amide bonds. The highest BCUT2D eigenvalue weighted by Gasteiger charge is 2.14. The summed E-state index contributed by atoms with van der Waals surface area (Å²) in [6, 6.07) is 9.92. The summed E-state index contributed by atoms with van der Waals surface area (Å²) in [6.07, 6.45) is 5.59. The first-order chi connectivity index (χ1) is 11.6. The minimum atomic E-state index is -0.262. The average molecular weight is 341 g/mol. The van der Waals surface area contributed by atoms with Crippen molar-refractivity contribution in [1.29, 1.82) is 0 Å². The van der Waals surface area contributed by atoms with E-state index in [0.29, 0.717) is 11.3 Å². The van der Waals surface area contributed by atoms with Gasteiger partial charge >= 0.3 is 0 Å². The van der Waals surface area contributed by atoms with Crippen molar-refractivity contribution in [2.24, 2.45) is 0 Å². The van der Waals surface area contributed by atoms with E-state index in [1.807, 2.05) is 19.1 Å². The Morgan fingerprint density at radius 2 is 2.04 bits per heavy atom. The maximum absolute atomic E-state index is 12.9. The van der Waals surface area contributed by atoms with Crippen LogP contribution in [0.3, 0.4) is 0 Å². The third-order valence-electron chi connectivity index (χ3n) is 3.58. The first kappa shape index (κ1) is 16.3. The normalized spacial score (nSPS) is 11.9. The van der Waals surface area contributed by atoms with Crippen LogP contribution in [-0.4, -0.2) is 15.9 Å². The van der Waals surface area contributed by atoms with E-state index in [-0.39, 0.29) is 17.8 Å². The molecule has 0 unspecified atom stereocenters. The predicted octanol–water partition coefficient (Wildman–Crippen LogP) is 3.76. The van der Waals surface area contributed by atoms with Crippen molar-refractivity contribution in [1.82, 2.24) is 15.3 Å². The Hall–Kier alpha value is -2.60. The van der Waals surface area contributed by atoms with Gasteiger partial charge in [-0.25, -0.2) is 9.37 Å². The number of aromatic nitrogens is 2. The van der Waals surface area contributed by atoms with E-state index in [9.17, 15) is 9.18 Å². The van der Waals surface area contributed by atoms with Gasteiger partial charge in [0.2, 0.25) is 0 Å². The van der Waals surface area contributed by atoms with Crippen LogP contribution in [0, 0.1) is 5.82 Å². The van der Waals surface area contributed by atoms with Gasteiger partial charge in [-0.3, -0.25) is 9.78 Å². The van der Waals surface area contributed by atoms with Gasteiger partial charge in [0.15, 0.2) is 0 Å². The van der Waals surface area contributed by atoms with Crippen LogP contribution in [-0.2, 0) is 6.42 Å². The second-order valence-corrected chi connectivity index (χ2v) is 6.52. The Kier molecular flexibility index (Phi) is 4.96. The molecule has 2 aromatic heterocycles. The van der Waals surface area contributed by atoms with Gasteiger partial charge in [0.05, 0.1) is 17.2 Å². The van der Waals surface area contributed by atoms with Gasteiger partial charge in [0, 0.05) is 18.8 Å². The number of hydrogen-bond acceptors (Lipinski definition) is 4. The molecular formula is C18H16FN3OS. The zero-order valence-corrected chi connectivity index (χ0v) is 13.9. The van der Waals surface area contributed by atoms with E-state index >= 15 is 0 Å². The van der Waals surface area contributed by atoms with E-state index < -0.39 is 0 Å². The molecule has 1 N–H and O–H groups in total. The molecule has 2 heterocycles. The molecule has 0 aliphatic carbocycles. The molecule has 3 rings (SSSR count). The van der Waals surface area contributed by atoms with Crippen molar-refractivity contribution in [3.05, 3.63) is 81.8 Å². The van der Waals surface area contributed by atoms with E-state index in [4.69, 9.17) is 0 Å². The molecule has 0 spiro atoms. The number of halogens is 1. The van der Waals surface area contributed by atoms with Crippen LogP contribution < -0.4 is 5.32 Å². The Morgan fingerprint density at radius 3 is 2.75 bits per heavy atom. The minimum Gasteiger partial charge on any atom is -0.345 e. The molecule has 0 aliphatic rings. The average Bonchev–Trinajstić information content (AvgIpc) is 3.06. The highest BCUT2D eigenvalue weighted by molar-refractivity contribution is 7.13. The van der Waals surface area contributed by atoms with Gasteiger partial charge in [-0.2, -0.15) is 0 Å². The predicted molar refractivity (Wildman–Crippen MR) is 91.4 cm³/mol. The molecular weight excluding hydrogens is 325 g/mol. The first-order valence-corrected chi connectivity index (χ1v) is 8.33. The summed E-state index contributed by atoms with van der Waals surface area (Å²) in [5.74, 6) is -0.420. The Bertz CT molecular complexity index is 818. The third-order valence-corrected chi connectivity index (χ3v) is 4.57. The summed E-state index contributed by atoms with van der Waals surface area (Å²) >= 11 is 1.34. The van der Waals surface area contributed by atoms with Crippen LogP contribution in [0.5, 0.6) is 0 Å². The molecule has 4 nitrogen and oxygen atoms in total. The van der Waals surface area contributed by atoms with E-state index in [1.165, 1.54) is 23.5 Å². The number of thiazole rings is 1. The number of rotatable bonds is 5. The topological polar surface area (TPSA) is 54.9 Å². The highest BCUT2D eigenvalue weighted by Crippen LogP contribution is 2.19. The van der Waals surface area contributed by atoms with Crippen LogP contribution in [0.2, 0.25) is 0 Å². The van der Waals surface area contributed by atoms with Gasteiger partial charge in [-0.05, 0) is 36.2 Å². The number of carbonyl (C=O) groups is 1. The highest BCUT2D eigenvalue weighted by atomic mass is 32.1. The number of benzene rings is 1. The summed E-state index contributed by atoms with van der Waals surface area (Å²) in [5, 5.41) is 3.76. The summed E-state index contributed by atoms with van der Waals surface area (Å²) in [6.45, 7) is 1.91. The third kappa shape index (κ3) is 4.02. The van der Waals surface area contributed by atoms with Gasteiger partial charge in [-0.15, -0.1) is 11.3 Å². The second-order valence-electron chi connectivity index (χ2n) is 5.40. The van der Waals surface area contributed by atoms with Crippen molar-refractivity contribution < 1.29 is 9.18 Å². The van der Waals surface area contributed by atoms with Gasteiger partial charge in [-0.1, -0.05) is 18.2 Å². The molecule has 0 saturated carbocycles. The lowest BCUT2D eigenvalue weighted by molar-refractivity contribution is 0.0943. The fourth-order valence-corrected chi connectivity index (χ4v) is 3.11. The SMILES string of the molecule is C[C@@H](NC(=O)c1cnc(Cc2ccc(F)cc2)s1)c1cccnc1. The van der Waals surface area contributed by atoms with Crippen molar-refractivity contribution in [3.8, 4) is 0 Å². The largest absolute Gasteiger partial charge is 0.345 e. The van der Waals surface area contributed by atoms with Crippen molar-refractivity contribution in [3.63, 3.8) is 0 Å². The maximum Gasteiger partial charge on any atom is 0.263 e. The maximum atomic E-state index is 12.9. The summed E-state index contributed by atoms with van der Waals surface area (Å²) in [5.41, 5.74) is 1.91. The summed E-state index contributed by atoms with van der Waals surface area (Å²) in [7, 11) is 0. The molecule has 6 heteroatoms. The minimum absolute atomic E-state index is 0.131. The molecule has 3 aromatic rings. The van der Waals surface area contributed by atoms with E-state index in [1.54, 1.807) is 30.7 Å². The van der Waals surface area contributed by atoms with Gasteiger partial charge in [0.25, 0.3) is 5.91 Å². The number of carbonyl (C=O) groups excluding carboxylic acids is 1. The smallest absolute Gasteiger partial charge is 0.263 e. The lowest BCUT2D eigenvalue weighted by Crippen LogP contribution is -2.25. The Balaban J connectivity index is 1.64. The molecule has 0 saturated heterocycles. The van der Waals surface area contributed by atoms with Crippen LogP contribution in [0.1, 0.15) is 38.8 Å². The molecule has 1 aromatic carbocycles.